The van der Waals surface area contributed by atoms with Gasteiger partial charge in [-0.3, -0.25) is 9.59 Å². The lowest BCUT2D eigenvalue weighted by Gasteiger charge is -2.18. The van der Waals surface area contributed by atoms with Crippen molar-refractivity contribution in [1.29, 1.82) is 0 Å². The molecule has 118 valence electrons. The van der Waals surface area contributed by atoms with E-state index in [1.165, 1.54) is 4.90 Å². The van der Waals surface area contributed by atoms with Gasteiger partial charge in [-0.15, -0.1) is 0 Å². The summed E-state index contributed by atoms with van der Waals surface area (Å²) in [6.07, 6.45) is 0.564. The first-order chi connectivity index (χ1) is 10.4. The maximum absolute atomic E-state index is 12.4. The number of anilines is 1. The van der Waals surface area contributed by atoms with Gasteiger partial charge in [-0.05, 0) is 25.5 Å². The first-order valence-corrected chi connectivity index (χ1v) is 9.08. The van der Waals surface area contributed by atoms with E-state index in [0.29, 0.717) is 12.1 Å². The number of rotatable bonds is 3. The number of aryl methyl sites for hydroxylation is 1. The Bertz CT molecular complexity index is 712. The van der Waals surface area contributed by atoms with Gasteiger partial charge in [0.1, 0.15) is 0 Å². The number of benzene rings is 1. The molecule has 0 spiro atoms. The van der Waals surface area contributed by atoms with E-state index in [1.807, 2.05) is 19.1 Å². The molecule has 2 aliphatic heterocycles. The Balaban J connectivity index is 1.73. The van der Waals surface area contributed by atoms with Crippen molar-refractivity contribution in [2.24, 2.45) is 0 Å². The molecule has 7 heteroatoms. The Labute approximate surface area is 129 Å². The quantitative estimate of drug-likeness (QED) is 0.815. The number of amides is 2. The minimum atomic E-state index is -3.01. The Kier molecular flexibility index (Phi) is 3.78. The van der Waals surface area contributed by atoms with Gasteiger partial charge in [0.05, 0.1) is 29.7 Å². The second kappa shape index (κ2) is 5.48. The van der Waals surface area contributed by atoms with Crippen LogP contribution in [0.1, 0.15) is 18.4 Å². The molecule has 0 aliphatic carbocycles. The largest absolute Gasteiger partial charge is 0.302 e. The molecule has 22 heavy (non-hydrogen) atoms. The van der Waals surface area contributed by atoms with Gasteiger partial charge in [-0.25, -0.2) is 13.3 Å². The first-order valence-electron chi connectivity index (χ1n) is 7.26. The van der Waals surface area contributed by atoms with Crippen molar-refractivity contribution in [1.82, 2.24) is 5.32 Å². The lowest BCUT2D eigenvalue weighted by atomic mass is 10.2. The van der Waals surface area contributed by atoms with Crippen molar-refractivity contribution >= 4 is 27.3 Å². The summed E-state index contributed by atoms with van der Waals surface area (Å²) in [7, 11) is -3.01. The van der Waals surface area contributed by atoms with Crippen LogP contribution in [0.5, 0.6) is 0 Å². The molecule has 2 saturated heterocycles. The minimum Gasteiger partial charge on any atom is -0.302 e. The van der Waals surface area contributed by atoms with Crippen LogP contribution >= 0.6 is 0 Å². The first kappa shape index (κ1) is 15.2. The lowest BCUT2D eigenvalue weighted by molar-refractivity contribution is -0.121. The van der Waals surface area contributed by atoms with E-state index >= 15 is 0 Å². The number of hydrogen-bond donors (Lipinski definition) is 1. The molecule has 2 amide bonds. The van der Waals surface area contributed by atoms with Crippen LogP contribution in [0, 0.1) is 6.92 Å². The molecule has 0 bridgehead atoms. The fraction of sp³-hybridized carbons (Fsp3) is 0.467. The normalized spacial score (nSPS) is 27.6. The fourth-order valence-electron chi connectivity index (χ4n) is 2.94. The van der Waals surface area contributed by atoms with Gasteiger partial charge in [0.2, 0.25) is 5.91 Å². The van der Waals surface area contributed by atoms with E-state index < -0.39 is 15.9 Å². The van der Waals surface area contributed by atoms with Crippen LogP contribution in [0.15, 0.2) is 24.3 Å². The smallest absolute Gasteiger partial charge is 0.251 e. The van der Waals surface area contributed by atoms with E-state index in [2.05, 4.69) is 5.32 Å². The zero-order valence-corrected chi connectivity index (χ0v) is 13.1. The van der Waals surface area contributed by atoms with Crippen LogP contribution < -0.4 is 10.2 Å². The second-order valence-electron chi connectivity index (χ2n) is 5.93. The highest BCUT2D eigenvalue weighted by Crippen LogP contribution is 2.24. The lowest BCUT2D eigenvalue weighted by Crippen LogP contribution is -2.44. The molecular formula is C15H18N2O4S. The summed E-state index contributed by atoms with van der Waals surface area (Å²) in [5.41, 5.74) is 1.61. The third-order valence-electron chi connectivity index (χ3n) is 4.11. The van der Waals surface area contributed by atoms with Crippen molar-refractivity contribution in [3.05, 3.63) is 29.8 Å². The highest BCUT2D eigenvalue weighted by molar-refractivity contribution is 7.91. The Morgan fingerprint density at radius 1 is 1.18 bits per heavy atom. The highest BCUT2D eigenvalue weighted by atomic mass is 32.2. The Hall–Kier alpha value is -1.73. The third kappa shape index (κ3) is 2.91. The maximum atomic E-state index is 12.4. The van der Waals surface area contributed by atoms with E-state index in [-0.39, 0.29) is 35.8 Å². The summed E-state index contributed by atoms with van der Waals surface area (Å²) in [4.78, 5) is 25.8. The van der Waals surface area contributed by atoms with Gasteiger partial charge in [-0.1, -0.05) is 17.7 Å². The Morgan fingerprint density at radius 2 is 1.86 bits per heavy atom. The predicted molar refractivity (Wildman–Crippen MR) is 82.3 cm³/mol. The van der Waals surface area contributed by atoms with E-state index in [1.54, 1.807) is 12.1 Å². The molecule has 0 saturated carbocycles. The van der Waals surface area contributed by atoms with Crippen LogP contribution in [-0.4, -0.2) is 43.8 Å². The molecule has 0 radical (unpaired) electrons. The van der Waals surface area contributed by atoms with Crippen LogP contribution in [0.25, 0.3) is 0 Å². The number of carbonyl (C=O) groups excluding carboxylic acids is 2. The molecular weight excluding hydrogens is 304 g/mol. The SMILES string of the molecule is Cc1ccc(N2C(=O)C[C@@H](N[C@@H]3CCS(=O)(=O)C3)C2=O)cc1. The van der Waals surface area contributed by atoms with Gasteiger partial charge in [-0.2, -0.15) is 0 Å². The number of imide groups is 1. The van der Waals surface area contributed by atoms with Crippen LogP contribution in [0.2, 0.25) is 0 Å². The molecule has 1 aromatic rings. The molecule has 3 rings (SSSR count). The molecule has 2 heterocycles. The topological polar surface area (TPSA) is 83.6 Å². The minimum absolute atomic E-state index is 0.0372. The van der Waals surface area contributed by atoms with E-state index in [9.17, 15) is 18.0 Å². The van der Waals surface area contributed by atoms with Crippen molar-refractivity contribution in [2.75, 3.05) is 16.4 Å². The number of sulfone groups is 1. The number of nitrogens with one attached hydrogen (secondary N) is 1. The molecule has 0 unspecified atom stereocenters. The average Bonchev–Trinajstić information content (AvgIpc) is 2.92. The summed E-state index contributed by atoms with van der Waals surface area (Å²) in [5, 5.41) is 3.03. The monoisotopic (exact) mass is 322 g/mol. The molecule has 2 fully saturated rings. The maximum Gasteiger partial charge on any atom is 0.251 e. The van der Waals surface area contributed by atoms with Gasteiger partial charge in [0, 0.05) is 6.04 Å². The van der Waals surface area contributed by atoms with Crippen molar-refractivity contribution in [2.45, 2.75) is 31.8 Å². The number of hydrogen-bond acceptors (Lipinski definition) is 5. The van der Waals surface area contributed by atoms with Crippen molar-refractivity contribution in [3.8, 4) is 0 Å². The molecule has 2 aliphatic rings. The van der Waals surface area contributed by atoms with Gasteiger partial charge in [0.15, 0.2) is 9.84 Å². The second-order valence-corrected chi connectivity index (χ2v) is 8.15. The number of carbonyl (C=O) groups is 2. The summed E-state index contributed by atoms with van der Waals surface area (Å²) >= 11 is 0. The third-order valence-corrected chi connectivity index (χ3v) is 5.88. The average molecular weight is 322 g/mol. The zero-order valence-electron chi connectivity index (χ0n) is 12.3. The number of nitrogens with zero attached hydrogens (tertiary/aromatic N) is 1. The van der Waals surface area contributed by atoms with Crippen molar-refractivity contribution < 1.29 is 18.0 Å². The molecule has 1 N–H and O–H groups in total. The highest BCUT2D eigenvalue weighted by Gasteiger charge is 2.41. The van der Waals surface area contributed by atoms with Gasteiger partial charge in [0.25, 0.3) is 5.91 Å². The van der Waals surface area contributed by atoms with E-state index in [4.69, 9.17) is 0 Å². The van der Waals surface area contributed by atoms with Crippen molar-refractivity contribution in [3.63, 3.8) is 0 Å². The summed E-state index contributed by atoms with van der Waals surface area (Å²) in [6, 6.07) is 6.30. The summed E-state index contributed by atoms with van der Waals surface area (Å²) in [5.74, 6) is -0.387. The molecule has 6 nitrogen and oxygen atoms in total. The van der Waals surface area contributed by atoms with Crippen LogP contribution in [0.4, 0.5) is 5.69 Å². The van der Waals surface area contributed by atoms with Gasteiger partial charge >= 0.3 is 0 Å². The van der Waals surface area contributed by atoms with Crippen LogP contribution in [-0.2, 0) is 19.4 Å². The molecule has 0 aromatic heterocycles. The molecule has 2 atom stereocenters. The molecule has 1 aromatic carbocycles. The summed E-state index contributed by atoms with van der Waals surface area (Å²) < 4.78 is 23.0. The van der Waals surface area contributed by atoms with Crippen LogP contribution in [0.3, 0.4) is 0 Å². The zero-order chi connectivity index (χ0) is 15.9. The Morgan fingerprint density at radius 3 is 2.45 bits per heavy atom. The summed E-state index contributed by atoms with van der Waals surface area (Å²) in [6.45, 7) is 1.93. The predicted octanol–water partition coefficient (Wildman–Crippen LogP) is 0.404. The fourth-order valence-corrected chi connectivity index (χ4v) is 4.62. The van der Waals surface area contributed by atoms with E-state index in [0.717, 1.165) is 5.56 Å². The van der Waals surface area contributed by atoms with Gasteiger partial charge < -0.3 is 5.32 Å². The standard InChI is InChI=1S/C15H18N2O4S/c1-10-2-4-12(5-3-10)17-14(18)8-13(15(17)19)16-11-6-7-22(20,21)9-11/h2-5,11,13,16H,6-9H2,1H3/t11-,13-/m1/s1.